The zero-order chi connectivity index (χ0) is 21.3. The van der Waals surface area contributed by atoms with Gasteiger partial charge in [-0.05, 0) is 61.8 Å². The molecule has 158 valence electrons. The predicted octanol–water partition coefficient (Wildman–Crippen LogP) is 3.88. The highest BCUT2D eigenvalue weighted by Crippen LogP contribution is 2.35. The Hall–Kier alpha value is -2.79. The van der Waals surface area contributed by atoms with Crippen molar-refractivity contribution in [2.75, 3.05) is 0 Å². The minimum Gasteiger partial charge on any atom is -0.351 e. The first kappa shape index (κ1) is 21.9. The maximum absolute atomic E-state index is 12.2. The van der Waals surface area contributed by atoms with E-state index in [0.717, 1.165) is 43.4 Å². The average molecular weight is 410 g/mol. The Morgan fingerprint density at radius 2 is 2.20 bits per heavy atom. The van der Waals surface area contributed by atoms with E-state index in [0.29, 0.717) is 18.4 Å². The smallest absolute Gasteiger partial charge is 0.351 e. The molecule has 1 heterocycles. The molecule has 2 amide bonds. The van der Waals surface area contributed by atoms with Gasteiger partial charge in [0.25, 0.3) is 6.57 Å². The van der Waals surface area contributed by atoms with Crippen LogP contribution in [0.1, 0.15) is 66.8 Å². The number of nitrogens with zero attached hydrogens (tertiary/aromatic N) is 1. The third kappa shape index (κ3) is 6.36. The molecule has 1 aliphatic carbocycles. The van der Waals surface area contributed by atoms with Gasteiger partial charge in [0, 0.05) is 17.0 Å². The number of unbranched alkanes of at least 4 members (excludes halogenated alkanes) is 1. The average Bonchev–Trinajstić information content (AvgIpc) is 3.54. The van der Waals surface area contributed by atoms with Crippen LogP contribution in [0.3, 0.4) is 0 Å². The van der Waals surface area contributed by atoms with Crippen LogP contribution in [0.2, 0.25) is 0 Å². The Morgan fingerprint density at radius 1 is 1.33 bits per heavy atom. The monoisotopic (exact) mass is 410 g/mol. The van der Waals surface area contributed by atoms with Gasteiger partial charge in [0.1, 0.15) is 11.7 Å². The first-order chi connectivity index (χ1) is 14.6. The van der Waals surface area contributed by atoms with Gasteiger partial charge in [-0.15, -0.1) is 0 Å². The van der Waals surface area contributed by atoms with E-state index in [-0.39, 0.29) is 24.2 Å². The zero-order valence-electron chi connectivity index (χ0n) is 16.9. The number of benzene rings is 1. The number of ether oxygens (including phenoxy) is 1. The van der Waals surface area contributed by atoms with Gasteiger partial charge in [-0.3, -0.25) is 4.79 Å². The fourth-order valence-corrected chi connectivity index (χ4v) is 3.76. The molecule has 1 fully saturated rings. The molecule has 1 aromatic rings. The number of hydrogen-bond donors (Lipinski definition) is 3. The number of allylic oxidation sites excluding steroid dienone is 4. The van der Waals surface area contributed by atoms with Crippen molar-refractivity contribution in [1.82, 2.24) is 10.8 Å². The van der Waals surface area contributed by atoms with E-state index in [4.69, 9.17) is 16.5 Å². The highest BCUT2D eigenvalue weighted by atomic mass is 16.7. The van der Waals surface area contributed by atoms with E-state index in [1.165, 1.54) is 0 Å². The van der Waals surface area contributed by atoms with Crippen molar-refractivity contribution in [2.45, 2.75) is 63.2 Å². The lowest BCUT2D eigenvalue weighted by molar-refractivity contribution is -0.120. The summed E-state index contributed by atoms with van der Waals surface area (Å²) in [5.74, 6) is -0.287. The summed E-state index contributed by atoms with van der Waals surface area (Å²) in [7, 11) is 0. The zero-order valence-corrected chi connectivity index (χ0v) is 16.9. The van der Waals surface area contributed by atoms with Crippen LogP contribution in [0.4, 0.5) is 0 Å². The molecule has 3 unspecified atom stereocenters. The van der Waals surface area contributed by atoms with Crippen molar-refractivity contribution in [3.05, 3.63) is 64.2 Å². The maximum Gasteiger partial charge on any atom is 0.547 e. The van der Waals surface area contributed by atoms with E-state index in [2.05, 4.69) is 21.7 Å². The molecular formula is C23H28N3O4+. The van der Waals surface area contributed by atoms with E-state index in [9.17, 15) is 9.59 Å². The third-order valence-corrected chi connectivity index (χ3v) is 5.47. The normalized spacial score (nSPS) is 20.7. The van der Waals surface area contributed by atoms with Gasteiger partial charge in [0.15, 0.2) is 6.23 Å². The first-order valence-electron chi connectivity index (χ1n) is 10.4. The quantitative estimate of drug-likeness (QED) is 0.292. The van der Waals surface area contributed by atoms with Gasteiger partial charge in [0.05, 0.1) is 0 Å². The van der Waals surface area contributed by atoms with Crippen molar-refractivity contribution < 1.29 is 19.5 Å². The molecule has 30 heavy (non-hydrogen) atoms. The van der Waals surface area contributed by atoms with Crippen molar-refractivity contribution in [2.24, 2.45) is 0 Å². The van der Waals surface area contributed by atoms with Crippen LogP contribution in [0.15, 0.2) is 48.2 Å². The second-order valence-electron chi connectivity index (χ2n) is 7.67. The summed E-state index contributed by atoms with van der Waals surface area (Å²) in [4.78, 5) is 27.2. The van der Waals surface area contributed by atoms with Crippen molar-refractivity contribution >= 4 is 11.8 Å². The van der Waals surface area contributed by atoms with E-state index >= 15 is 0 Å². The van der Waals surface area contributed by atoms with Gasteiger partial charge in [0.2, 0.25) is 5.91 Å². The molecular weight excluding hydrogens is 382 g/mol. The minimum absolute atomic E-state index is 0.0420. The van der Waals surface area contributed by atoms with Gasteiger partial charge < -0.3 is 15.3 Å². The molecule has 3 N–H and O–H groups in total. The van der Waals surface area contributed by atoms with Crippen LogP contribution in [0.5, 0.6) is 0 Å². The second kappa shape index (κ2) is 10.8. The number of nitrogens with one attached hydrogen (secondary N) is 2. The number of amides is 2. The van der Waals surface area contributed by atoms with Gasteiger partial charge >= 0.3 is 5.91 Å². The van der Waals surface area contributed by atoms with Crippen molar-refractivity contribution in [3.8, 4) is 6.57 Å². The summed E-state index contributed by atoms with van der Waals surface area (Å²) >= 11 is 0. The number of carbonyl (C=O) groups excluding carboxylic acids is 2. The fourth-order valence-electron chi connectivity index (χ4n) is 3.76. The summed E-state index contributed by atoms with van der Waals surface area (Å²) in [6.07, 6.45) is 11.1. The summed E-state index contributed by atoms with van der Waals surface area (Å²) < 4.78 is 5.40. The van der Waals surface area contributed by atoms with Crippen LogP contribution in [-0.4, -0.2) is 29.4 Å². The van der Waals surface area contributed by atoms with Crippen LogP contribution in [-0.2, 0) is 9.53 Å². The predicted molar refractivity (Wildman–Crippen MR) is 113 cm³/mol. The first-order valence-corrected chi connectivity index (χ1v) is 10.4. The summed E-state index contributed by atoms with van der Waals surface area (Å²) in [6.45, 7) is 5.12. The molecule has 0 bridgehead atoms. The Bertz CT molecular complexity index is 871. The second-order valence-corrected chi connectivity index (χ2v) is 7.67. The molecule has 0 spiro atoms. The summed E-state index contributed by atoms with van der Waals surface area (Å²) in [5.41, 5.74) is 4.55. The SMILES string of the molecule is C#[N+]C(=O)c1cccc(C(CCCCC(=O)NC2=CC=CCC2)CC2OC2NO)c1. The number of rotatable bonds is 11. The van der Waals surface area contributed by atoms with Crippen molar-refractivity contribution in [3.63, 3.8) is 0 Å². The van der Waals surface area contributed by atoms with Crippen LogP contribution in [0, 0.1) is 6.57 Å². The largest absolute Gasteiger partial charge is 0.547 e. The number of hydrogen-bond acceptors (Lipinski definition) is 5. The fraction of sp³-hybridized carbons (Fsp3) is 0.435. The molecule has 7 nitrogen and oxygen atoms in total. The molecule has 0 saturated carbocycles. The Labute approximate surface area is 176 Å². The minimum atomic E-state index is -0.461. The van der Waals surface area contributed by atoms with Crippen LogP contribution >= 0.6 is 0 Å². The van der Waals surface area contributed by atoms with E-state index in [1.807, 2.05) is 30.4 Å². The van der Waals surface area contributed by atoms with Crippen molar-refractivity contribution in [1.29, 1.82) is 0 Å². The lowest BCUT2D eigenvalue weighted by atomic mass is 9.88. The topological polar surface area (TPSA) is 95.3 Å². The van der Waals surface area contributed by atoms with Crippen LogP contribution < -0.4 is 10.8 Å². The highest BCUT2D eigenvalue weighted by Gasteiger charge is 2.40. The summed E-state index contributed by atoms with van der Waals surface area (Å²) in [6, 6.07) is 7.28. The molecule has 3 atom stereocenters. The molecule has 1 aliphatic heterocycles. The molecule has 3 rings (SSSR count). The highest BCUT2D eigenvalue weighted by molar-refractivity contribution is 6.02. The number of hydroxylamine groups is 1. The van der Waals surface area contributed by atoms with Gasteiger partial charge in [-0.1, -0.05) is 30.7 Å². The molecule has 1 aromatic carbocycles. The Kier molecular flexibility index (Phi) is 7.91. The van der Waals surface area contributed by atoms with Gasteiger partial charge in [-0.2, -0.15) is 10.3 Å². The van der Waals surface area contributed by atoms with Crippen LogP contribution in [0.25, 0.3) is 4.85 Å². The summed E-state index contributed by atoms with van der Waals surface area (Å²) in [5, 5.41) is 12.0. The number of epoxide rings is 1. The third-order valence-electron chi connectivity index (χ3n) is 5.47. The molecule has 0 radical (unpaired) electrons. The number of carbonyl (C=O) groups is 2. The van der Waals surface area contributed by atoms with E-state index < -0.39 is 5.91 Å². The van der Waals surface area contributed by atoms with Gasteiger partial charge in [-0.25, -0.2) is 0 Å². The molecule has 7 heteroatoms. The molecule has 1 saturated heterocycles. The standard InChI is InChI=1S/C23H27N3O4/c1-24-22(28)18-10-7-9-16(14-18)17(15-20-23(26-29)30-20)8-5-6-13-21(27)25-19-11-3-2-4-12-19/h1-3,7,9-11,14,17,20,23,26,29H,4-6,8,12-13,15H2/p+1. The lowest BCUT2D eigenvalue weighted by Crippen LogP contribution is -2.22. The Balaban J connectivity index is 1.53. The Morgan fingerprint density at radius 3 is 2.90 bits per heavy atom. The maximum atomic E-state index is 12.2. The van der Waals surface area contributed by atoms with E-state index in [1.54, 1.807) is 6.07 Å². The molecule has 2 aliphatic rings. The molecule has 0 aromatic heterocycles. The lowest BCUT2D eigenvalue weighted by Gasteiger charge is -2.17.